The summed E-state index contributed by atoms with van der Waals surface area (Å²) in [5, 5.41) is 8.61. The van der Waals surface area contributed by atoms with Crippen molar-refractivity contribution >= 4 is 22.9 Å². The van der Waals surface area contributed by atoms with Gasteiger partial charge in [-0.25, -0.2) is 0 Å². The fourth-order valence-electron chi connectivity index (χ4n) is 1.25. The van der Waals surface area contributed by atoms with E-state index in [0.717, 1.165) is 23.9 Å². The summed E-state index contributed by atoms with van der Waals surface area (Å²) < 4.78 is 5.73. The number of halogens is 1. The third-order valence-corrected chi connectivity index (χ3v) is 2.86. The molecule has 0 aliphatic carbocycles. The molecule has 2 heterocycles. The molecule has 0 atom stereocenters. The minimum Gasteiger partial charge on any atom is -0.468 e. The van der Waals surface area contributed by atoms with Crippen molar-refractivity contribution < 1.29 is 4.42 Å². The zero-order valence-corrected chi connectivity index (χ0v) is 9.75. The van der Waals surface area contributed by atoms with Crippen molar-refractivity contribution in [1.29, 1.82) is 0 Å². The molecule has 0 N–H and O–H groups in total. The molecule has 0 radical (unpaired) electrons. The summed E-state index contributed by atoms with van der Waals surface area (Å²) in [4.78, 5) is 2.09. The quantitative estimate of drug-likeness (QED) is 0.827. The molecule has 0 saturated heterocycles. The smallest absolute Gasteiger partial charge is 0.207 e. The predicted octanol–water partition coefficient (Wildman–Crippen LogP) is 2.42. The van der Waals surface area contributed by atoms with Gasteiger partial charge < -0.3 is 4.42 Å². The first-order chi connectivity index (χ1) is 7.24. The molecule has 0 aliphatic rings. The topological polar surface area (TPSA) is 42.2 Å². The van der Waals surface area contributed by atoms with E-state index in [0.29, 0.717) is 4.47 Å². The van der Waals surface area contributed by atoms with Crippen LogP contribution in [0.4, 0.5) is 0 Å². The largest absolute Gasteiger partial charge is 0.468 e. The fraction of sp³-hybridized carbons (Fsp3) is 0.333. The highest BCUT2D eigenvalue weighted by molar-refractivity contribution is 7.15. The predicted molar refractivity (Wildman–Crippen MR) is 58.8 cm³/mol. The molecule has 0 saturated carbocycles. The molecule has 0 amide bonds. The maximum atomic E-state index is 5.69. The van der Waals surface area contributed by atoms with E-state index in [1.54, 1.807) is 6.26 Å². The number of rotatable bonds is 4. The van der Waals surface area contributed by atoms with Crippen molar-refractivity contribution in [3.63, 3.8) is 0 Å². The van der Waals surface area contributed by atoms with Crippen molar-refractivity contribution in [3.8, 4) is 0 Å². The van der Waals surface area contributed by atoms with Crippen LogP contribution in [0.15, 0.2) is 22.8 Å². The first kappa shape index (κ1) is 10.6. The molecule has 6 heteroatoms. The second-order valence-electron chi connectivity index (χ2n) is 3.20. The molecule has 0 aromatic carbocycles. The molecule has 2 aromatic rings. The van der Waals surface area contributed by atoms with Gasteiger partial charge in [0.25, 0.3) is 0 Å². The van der Waals surface area contributed by atoms with Crippen LogP contribution in [0.25, 0.3) is 0 Å². The van der Waals surface area contributed by atoms with E-state index >= 15 is 0 Å². The summed E-state index contributed by atoms with van der Waals surface area (Å²) in [6.45, 7) is 1.48. The molecule has 0 spiro atoms. The van der Waals surface area contributed by atoms with E-state index in [2.05, 4.69) is 15.1 Å². The lowest BCUT2D eigenvalue weighted by Crippen LogP contribution is -2.16. The monoisotopic (exact) mass is 243 g/mol. The van der Waals surface area contributed by atoms with E-state index in [4.69, 9.17) is 16.0 Å². The molecule has 0 bridgehead atoms. The minimum atomic E-state index is 0.483. The van der Waals surface area contributed by atoms with Gasteiger partial charge in [-0.2, -0.15) is 0 Å². The Labute approximate surface area is 96.5 Å². The number of hydrogen-bond donors (Lipinski definition) is 0. The van der Waals surface area contributed by atoms with Crippen molar-refractivity contribution in [2.24, 2.45) is 0 Å². The third-order valence-electron chi connectivity index (χ3n) is 1.85. The normalized spacial score (nSPS) is 11.1. The molecular formula is C9H10ClN3OS. The van der Waals surface area contributed by atoms with E-state index in [1.807, 2.05) is 19.2 Å². The third kappa shape index (κ3) is 3.02. The second-order valence-corrected chi connectivity index (χ2v) is 4.84. The van der Waals surface area contributed by atoms with Crippen molar-refractivity contribution in [2.75, 3.05) is 7.05 Å². The molecule has 2 rings (SSSR count). The van der Waals surface area contributed by atoms with E-state index in [9.17, 15) is 0 Å². The fourth-order valence-corrected chi connectivity index (χ4v) is 2.20. The van der Waals surface area contributed by atoms with Gasteiger partial charge in [-0.15, -0.1) is 10.2 Å². The molecule has 80 valence electrons. The zero-order valence-electron chi connectivity index (χ0n) is 8.18. The maximum Gasteiger partial charge on any atom is 0.207 e. The SMILES string of the molecule is CN(Cc1ccco1)Cc1nnc(Cl)s1. The molecule has 4 nitrogen and oxygen atoms in total. The highest BCUT2D eigenvalue weighted by Gasteiger charge is 2.07. The molecule has 0 unspecified atom stereocenters. The first-order valence-corrected chi connectivity index (χ1v) is 5.62. The minimum absolute atomic E-state index is 0.483. The number of furan rings is 1. The van der Waals surface area contributed by atoms with Crippen LogP contribution in [0, 0.1) is 0 Å². The molecule has 2 aromatic heterocycles. The maximum absolute atomic E-state index is 5.69. The Balaban J connectivity index is 1.90. The van der Waals surface area contributed by atoms with E-state index < -0.39 is 0 Å². The van der Waals surface area contributed by atoms with Gasteiger partial charge in [-0.05, 0) is 30.8 Å². The summed E-state index contributed by atoms with van der Waals surface area (Å²) in [6, 6.07) is 3.83. The Bertz CT molecular complexity index is 415. The summed E-state index contributed by atoms with van der Waals surface area (Å²) >= 11 is 7.09. The van der Waals surface area contributed by atoms with Gasteiger partial charge in [-0.3, -0.25) is 4.90 Å². The Morgan fingerprint density at radius 1 is 1.47 bits per heavy atom. The Morgan fingerprint density at radius 2 is 2.33 bits per heavy atom. The summed E-state index contributed by atoms with van der Waals surface area (Å²) in [7, 11) is 2.00. The lowest BCUT2D eigenvalue weighted by atomic mass is 10.4. The van der Waals surface area contributed by atoms with Crippen molar-refractivity contribution in [2.45, 2.75) is 13.1 Å². The standard InChI is InChI=1S/C9H10ClN3OS/c1-13(5-7-3-2-4-14-7)6-8-11-12-9(10)15-8/h2-4H,5-6H2,1H3. The van der Waals surface area contributed by atoms with Gasteiger partial charge in [0.15, 0.2) is 0 Å². The second kappa shape index (κ2) is 4.74. The summed E-state index contributed by atoms with van der Waals surface area (Å²) in [6.07, 6.45) is 1.67. The van der Waals surface area contributed by atoms with Gasteiger partial charge in [0.1, 0.15) is 10.8 Å². The van der Waals surface area contributed by atoms with Gasteiger partial charge in [0, 0.05) is 0 Å². The Morgan fingerprint density at radius 3 is 2.93 bits per heavy atom. The Hall–Kier alpha value is -0.910. The number of nitrogens with zero attached hydrogens (tertiary/aromatic N) is 3. The zero-order chi connectivity index (χ0) is 10.7. The van der Waals surface area contributed by atoms with Crippen LogP contribution in [0.3, 0.4) is 0 Å². The number of aromatic nitrogens is 2. The van der Waals surface area contributed by atoms with Gasteiger partial charge in [0.05, 0.1) is 19.4 Å². The van der Waals surface area contributed by atoms with Gasteiger partial charge in [0.2, 0.25) is 4.47 Å². The highest BCUT2D eigenvalue weighted by atomic mass is 35.5. The van der Waals surface area contributed by atoms with E-state index in [1.165, 1.54) is 11.3 Å². The van der Waals surface area contributed by atoms with Gasteiger partial charge in [-0.1, -0.05) is 11.3 Å². The summed E-state index contributed by atoms with van der Waals surface area (Å²) in [5.74, 6) is 0.938. The number of hydrogen-bond acceptors (Lipinski definition) is 5. The highest BCUT2D eigenvalue weighted by Crippen LogP contribution is 2.16. The average Bonchev–Trinajstić information content (AvgIpc) is 2.77. The van der Waals surface area contributed by atoms with Crippen LogP contribution in [-0.2, 0) is 13.1 Å². The average molecular weight is 244 g/mol. The Kier molecular flexibility index (Phi) is 3.35. The van der Waals surface area contributed by atoms with Crippen LogP contribution in [-0.4, -0.2) is 22.1 Å². The van der Waals surface area contributed by atoms with Crippen LogP contribution in [0.1, 0.15) is 10.8 Å². The van der Waals surface area contributed by atoms with Crippen LogP contribution >= 0.6 is 22.9 Å². The molecule has 0 fully saturated rings. The van der Waals surface area contributed by atoms with Gasteiger partial charge >= 0.3 is 0 Å². The molecule has 15 heavy (non-hydrogen) atoms. The summed E-state index contributed by atoms with van der Waals surface area (Å²) in [5.41, 5.74) is 0. The van der Waals surface area contributed by atoms with Crippen molar-refractivity contribution in [1.82, 2.24) is 15.1 Å². The van der Waals surface area contributed by atoms with Crippen molar-refractivity contribution in [3.05, 3.63) is 33.6 Å². The van der Waals surface area contributed by atoms with Crippen LogP contribution < -0.4 is 0 Å². The molecule has 0 aliphatic heterocycles. The van der Waals surface area contributed by atoms with Crippen LogP contribution in [0.5, 0.6) is 0 Å². The lowest BCUT2D eigenvalue weighted by molar-refractivity contribution is 0.287. The first-order valence-electron chi connectivity index (χ1n) is 4.43. The van der Waals surface area contributed by atoms with E-state index in [-0.39, 0.29) is 0 Å². The lowest BCUT2D eigenvalue weighted by Gasteiger charge is -2.12. The molecular weight excluding hydrogens is 234 g/mol. The van der Waals surface area contributed by atoms with Crippen LogP contribution in [0.2, 0.25) is 4.47 Å².